The molecule has 0 spiro atoms. The fourth-order valence-electron chi connectivity index (χ4n) is 0.605. The van der Waals surface area contributed by atoms with Crippen LogP contribution in [0.3, 0.4) is 0 Å². The summed E-state index contributed by atoms with van der Waals surface area (Å²) in [7, 11) is 0. The van der Waals surface area contributed by atoms with Crippen LogP contribution in [0.1, 0.15) is 0 Å². The first kappa shape index (κ1) is 7.21. The minimum atomic E-state index is 0.273. The van der Waals surface area contributed by atoms with Gasteiger partial charge < -0.3 is 5.73 Å². The maximum atomic E-state index is 10.0. The Labute approximate surface area is 66.3 Å². The Kier molecular flexibility index (Phi) is 2.01. The van der Waals surface area contributed by atoms with E-state index in [1.807, 2.05) is 0 Å². The summed E-state index contributed by atoms with van der Waals surface area (Å²) < 4.78 is 0.699. The van der Waals surface area contributed by atoms with Crippen LogP contribution in [-0.2, 0) is 0 Å². The van der Waals surface area contributed by atoms with Crippen molar-refractivity contribution in [2.45, 2.75) is 0 Å². The highest BCUT2D eigenvalue weighted by atomic mass is 79.9. The molecule has 0 aromatic heterocycles. The van der Waals surface area contributed by atoms with Gasteiger partial charge in [-0.3, -0.25) is 0 Å². The van der Waals surface area contributed by atoms with Gasteiger partial charge in [0.1, 0.15) is 5.69 Å². The van der Waals surface area contributed by atoms with E-state index in [4.69, 9.17) is 5.73 Å². The zero-order chi connectivity index (χ0) is 7.56. The normalized spacial score (nSPS) is 9.30. The second-order valence-electron chi connectivity index (χ2n) is 1.76. The molecule has 0 saturated carbocycles. The van der Waals surface area contributed by atoms with Gasteiger partial charge in [0.2, 0.25) is 0 Å². The number of anilines is 1. The van der Waals surface area contributed by atoms with Gasteiger partial charge in [-0.15, -0.1) is 4.91 Å². The van der Waals surface area contributed by atoms with Gasteiger partial charge in [0.25, 0.3) is 0 Å². The van der Waals surface area contributed by atoms with Crippen LogP contribution in [0.25, 0.3) is 0 Å². The highest BCUT2D eigenvalue weighted by Gasteiger charge is 2.00. The van der Waals surface area contributed by atoms with Crippen molar-refractivity contribution < 1.29 is 0 Å². The maximum absolute atomic E-state index is 10.0. The van der Waals surface area contributed by atoms with E-state index < -0.39 is 0 Å². The SMILES string of the molecule is Nc1c(Br)cccc1N=O. The van der Waals surface area contributed by atoms with E-state index in [0.29, 0.717) is 10.2 Å². The quantitative estimate of drug-likeness (QED) is 0.560. The number of hydrogen-bond acceptors (Lipinski definition) is 3. The lowest BCUT2D eigenvalue weighted by molar-refractivity contribution is 1.48. The third kappa shape index (κ3) is 1.16. The molecule has 4 heteroatoms. The Bertz CT molecular complexity index is 262. The lowest BCUT2D eigenvalue weighted by Gasteiger charge is -1.96. The van der Waals surface area contributed by atoms with Gasteiger partial charge >= 0.3 is 0 Å². The van der Waals surface area contributed by atoms with Crippen LogP contribution in [0.5, 0.6) is 0 Å². The van der Waals surface area contributed by atoms with Gasteiger partial charge in [-0.25, -0.2) is 0 Å². The van der Waals surface area contributed by atoms with Crippen LogP contribution >= 0.6 is 15.9 Å². The summed E-state index contributed by atoms with van der Waals surface area (Å²) in [4.78, 5) is 10.0. The number of benzene rings is 1. The third-order valence-electron chi connectivity index (χ3n) is 1.13. The van der Waals surface area contributed by atoms with Crippen molar-refractivity contribution in [3.63, 3.8) is 0 Å². The van der Waals surface area contributed by atoms with Gasteiger partial charge in [-0.05, 0) is 33.2 Å². The van der Waals surface area contributed by atoms with Gasteiger partial charge in [0, 0.05) is 4.47 Å². The van der Waals surface area contributed by atoms with Crippen LogP contribution in [0.2, 0.25) is 0 Å². The number of hydrogen-bond donors (Lipinski definition) is 1. The number of para-hydroxylation sites is 1. The van der Waals surface area contributed by atoms with E-state index in [1.54, 1.807) is 18.2 Å². The van der Waals surface area contributed by atoms with Crippen molar-refractivity contribution in [2.24, 2.45) is 5.18 Å². The first-order valence-corrected chi connectivity index (χ1v) is 3.42. The molecule has 0 aliphatic heterocycles. The molecule has 1 aromatic carbocycles. The zero-order valence-corrected chi connectivity index (χ0v) is 6.63. The Balaban J connectivity index is 3.27. The average molecular weight is 201 g/mol. The first-order chi connectivity index (χ1) is 4.75. The second-order valence-corrected chi connectivity index (χ2v) is 2.62. The minimum absolute atomic E-state index is 0.273. The summed E-state index contributed by atoms with van der Waals surface area (Å²) >= 11 is 3.16. The molecule has 0 aliphatic rings. The van der Waals surface area contributed by atoms with Gasteiger partial charge in [0.15, 0.2) is 0 Å². The molecule has 0 unspecified atom stereocenters. The molecule has 10 heavy (non-hydrogen) atoms. The average Bonchev–Trinajstić information content (AvgIpc) is 1.95. The van der Waals surface area contributed by atoms with E-state index in [0.717, 1.165) is 0 Å². The van der Waals surface area contributed by atoms with Crippen molar-refractivity contribution in [3.05, 3.63) is 27.6 Å². The van der Waals surface area contributed by atoms with Crippen LogP contribution < -0.4 is 5.73 Å². The molecule has 0 fully saturated rings. The predicted molar refractivity (Wildman–Crippen MR) is 44.0 cm³/mol. The zero-order valence-electron chi connectivity index (χ0n) is 5.04. The van der Waals surface area contributed by atoms with E-state index in [9.17, 15) is 4.91 Å². The molecule has 3 nitrogen and oxygen atoms in total. The minimum Gasteiger partial charge on any atom is -0.396 e. The Hall–Kier alpha value is -0.900. The predicted octanol–water partition coefficient (Wildman–Crippen LogP) is 2.43. The summed E-state index contributed by atoms with van der Waals surface area (Å²) in [6.45, 7) is 0. The summed E-state index contributed by atoms with van der Waals surface area (Å²) in [5.41, 5.74) is 6.11. The van der Waals surface area contributed by atoms with Gasteiger partial charge in [-0.2, -0.15) is 0 Å². The Morgan fingerprint density at radius 2 is 2.20 bits per heavy atom. The number of rotatable bonds is 1. The molecule has 0 atom stereocenters. The summed E-state index contributed by atoms with van der Waals surface area (Å²) in [5, 5.41) is 2.73. The van der Waals surface area contributed by atoms with Crippen molar-refractivity contribution >= 4 is 27.3 Å². The number of nitrogen functional groups attached to an aromatic ring is 1. The first-order valence-electron chi connectivity index (χ1n) is 2.63. The molecule has 1 rings (SSSR count). The smallest absolute Gasteiger partial charge is 0.132 e. The van der Waals surface area contributed by atoms with E-state index in [2.05, 4.69) is 21.1 Å². The maximum Gasteiger partial charge on any atom is 0.132 e. The molecule has 0 amide bonds. The molecule has 52 valence electrons. The fourth-order valence-corrected chi connectivity index (χ4v) is 0.961. The molecule has 1 aromatic rings. The number of halogens is 1. The van der Waals surface area contributed by atoms with Crippen LogP contribution in [0.4, 0.5) is 11.4 Å². The van der Waals surface area contributed by atoms with E-state index in [-0.39, 0.29) is 5.69 Å². The fraction of sp³-hybridized carbons (Fsp3) is 0. The largest absolute Gasteiger partial charge is 0.396 e. The number of nitroso groups, excluding NO2 is 1. The van der Waals surface area contributed by atoms with Crippen LogP contribution in [0, 0.1) is 4.91 Å². The monoisotopic (exact) mass is 200 g/mol. The summed E-state index contributed by atoms with van der Waals surface area (Å²) in [6, 6.07) is 5.02. The molecule has 0 radical (unpaired) electrons. The van der Waals surface area contributed by atoms with Crippen LogP contribution in [0.15, 0.2) is 27.8 Å². The molecular formula is C6H5BrN2O. The standard InChI is InChI=1S/C6H5BrN2O/c7-4-2-1-3-5(9-10)6(4)8/h1-3H,8H2. The topological polar surface area (TPSA) is 55.4 Å². The van der Waals surface area contributed by atoms with Crippen molar-refractivity contribution in [1.82, 2.24) is 0 Å². The van der Waals surface area contributed by atoms with Gasteiger partial charge in [-0.1, -0.05) is 6.07 Å². The molecule has 0 heterocycles. The number of nitrogens with two attached hydrogens (primary N) is 1. The summed E-state index contributed by atoms with van der Waals surface area (Å²) in [6.07, 6.45) is 0. The molecule has 0 saturated heterocycles. The molecule has 0 aliphatic carbocycles. The highest BCUT2D eigenvalue weighted by molar-refractivity contribution is 9.10. The lowest BCUT2D eigenvalue weighted by Crippen LogP contribution is -1.85. The molecular weight excluding hydrogens is 196 g/mol. The van der Waals surface area contributed by atoms with Crippen molar-refractivity contribution in [1.29, 1.82) is 0 Å². The van der Waals surface area contributed by atoms with E-state index >= 15 is 0 Å². The van der Waals surface area contributed by atoms with Crippen LogP contribution in [-0.4, -0.2) is 0 Å². The highest BCUT2D eigenvalue weighted by Crippen LogP contribution is 2.28. The van der Waals surface area contributed by atoms with Gasteiger partial charge in [0.05, 0.1) is 5.69 Å². The third-order valence-corrected chi connectivity index (χ3v) is 1.82. The molecule has 0 bridgehead atoms. The number of nitrogens with zero attached hydrogens (tertiary/aromatic N) is 1. The van der Waals surface area contributed by atoms with E-state index in [1.165, 1.54) is 0 Å². The van der Waals surface area contributed by atoms with Crippen molar-refractivity contribution in [2.75, 3.05) is 5.73 Å². The Morgan fingerprint density at radius 3 is 2.70 bits per heavy atom. The lowest BCUT2D eigenvalue weighted by atomic mass is 10.3. The Morgan fingerprint density at radius 1 is 1.50 bits per heavy atom. The summed E-state index contributed by atoms with van der Waals surface area (Å²) in [5.74, 6) is 0. The molecule has 2 N–H and O–H groups in total. The van der Waals surface area contributed by atoms with Crippen molar-refractivity contribution in [3.8, 4) is 0 Å². The second kappa shape index (κ2) is 2.79.